The van der Waals surface area contributed by atoms with Gasteiger partial charge in [0, 0.05) is 29.9 Å². The average molecular weight is 310 g/mol. The molecule has 0 aromatic heterocycles. The molecule has 1 atom stereocenters. The molecule has 0 unspecified atom stereocenters. The summed E-state index contributed by atoms with van der Waals surface area (Å²) in [7, 11) is 3.22. The van der Waals surface area contributed by atoms with Gasteiger partial charge >= 0.3 is 0 Å². The minimum Gasteiger partial charge on any atom is -0.496 e. The maximum absolute atomic E-state index is 10.6. The highest BCUT2D eigenvalue weighted by Gasteiger charge is 2.29. The third kappa shape index (κ3) is 2.69. The zero-order valence-electron chi connectivity index (χ0n) is 13.1. The molecule has 1 aliphatic rings. The van der Waals surface area contributed by atoms with Crippen molar-refractivity contribution in [3.8, 4) is 17.6 Å². The molecule has 2 aromatic rings. The predicted octanol–water partition coefficient (Wildman–Crippen LogP) is 2.63. The van der Waals surface area contributed by atoms with Gasteiger partial charge in [0.15, 0.2) is 0 Å². The normalized spacial score (nSPS) is 16.4. The first kappa shape index (κ1) is 15.2. The van der Waals surface area contributed by atoms with E-state index in [1.54, 1.807) is 26.4 Å². The molecule has 0 bridgehead atoms. The van der Waals surface area contributed by atoms with Gasteiger partial charge in [0.25, 0.3) is 0 Å². The Hall–Kier alpha value is -2.71. The quantitative estimate of drug-likeness (QED) is 0.944. The zero-order chi connectivity index (χ0) is 16.4. The fourth-order valence-corrected chi connectivity index (χ4v) is 3.02. The van der Waals surface area contributed by atoms with Crippen molar-refractivity contribution in [2.75, 3.05) is 25.7 Å². The molecule has 0 aliphatic carbocycles. The van der Waals surface area contributed by atoms with Crippen molar-refractivity contribution >= 4 is 5.69 Å². The second kappa shape index (κ2) is 6.19. The lowest BCUT2D eigenvalue weighted by atomic mass is 9.94. The van der Waals surface area contributed by atoms with Crippen LogP contribution in [-0.4, -0.2) is 25.9 Å². The summed E-state index contributed by atoms with van der Waals surface area (Å²) in [6.07, 6.45) is -0.667. The number of nitriles is 1. The summed E-state index contributed by atoms with van der Waals surface area (Å²) < 4.78 is 10.8. The molecule has 3 rings (SSSR count). The van der Waals surface area contributed by atoms with Crippen LogP contribution in [0.3, 0.4) is 0 Å². The second-order valence-electron chi connectivity index (χ2n) is 5.42. The van der Waals surface area contributed by atoms with Crippen LogP contribution < -0.4 is 14.4 Å². The Bertz CT molecular complexity index is 750. The minimum absolute atomic E-state index is 0.461. The Morgan fingerprint density at radius 1 is 1.09 bits per heavy atom. The lowest BCUT2D eigenvalue weighted by Crippen LogP contribution is -2.34. The molecule has 5 heteroatoms. The number of methoxy groups -OCH3 is 2. The van der Waals surface area contributed by atoms with Crippen LogP contribution in [0, 0.1) is 11.3 Å². The summed E-state index contributed by atoms with van der Waals surface area (Å²) in [6, 6.07) is 13.1. The van der Waals surface area contributed by atoms with Crippen molar-refractivity contribution in [1.29, 1.82) is 5.26 Å². The first-order valence-corrected chi connectivity index (χ1v) is 7.35. The molecule has 5 nitrogen and oxygen atoms in total. The number of ether oxygens (including phenoxy) is 2. The van der Waals surface area contributed by atoms with Crippen molar-refractivity contribution in [1.82, 2.24) is 0 Å². The maximum Gasteiger partial charge on any atom is 0.125 e. The maximum atomic E-state index is 10.6. The standard InChI is InChI=1S/C18H18N2O3/c1-22-16-7-8-17(23-2)18-14(16)10-20(11-15(18)21)13-5-3-12(9-19)4-6-13/h3-8,15,21H,10-11H2,1-2H3/t15-/m1/s1. The topological polar surface area (TPSA) is 65.7 Å². The molecule has 1 N–H and O–H groups in total. The first-order valence-electron chi connectivity index (χ1n) is 7.35. The fourth-order valence-electron chi connectivity index (χ4n) is 3.02. The molecule has 0 saturated carbocycles. The highest BCUT2D eigenvalue weighted by atomic mass is 16.5. The fraction of sp³-hybridized carbons (Fsp3) is 0.278. The largest absolute Gasteiger partial charge is 0.496 e. The minimum atomic E-state index is -0.667. The monoisotopic (exact) mass is 310 g/mol. The van der Waals surface area contributed by atoms with Crippen molar-refractivity contribution < 1.29 is 14.6 Å². The van der Waals surface area contributed by atoms with Gasteiger partial charge in [-0.3, -0.25) is 0 Å². The average Bonchev–Trinajstić information content (AvgIpc) is 2.60. The molecule has 1 heterocycles. The number of aliphatic hydroxyl groups is 1. The summed E-state index contributed by atoms with van der Waals surface area (Å²) in [5.41, 5.74) is 3.29. The number of nitrogens with zero attached hydrogens (tertiary/aromatic N) is 2. The number of anilines is 1. The van der Waals surface area contributed by atoms with Crippen molar-refractivity contribution in [3.05, 3.63) is 53.1 Å². The third-order valence-corrected chi connectivity index (χ3v) is 4.15. The number of hydrogen-bond acceptors (Lipinski definition) is 5. The molecule has 0 fully saturated rings. The van der Waals surface area contributed by atoms with E-state index in [0.29, 0.717) is 24.4 Å². The summed E-state index contributed by atoms with van der Waals surface area (Å²) >= 11 is 0. The van der Waals surface area contributed by atoms with E-state index in [-0.39, 0.29) is 0 Å². The Morgan fingerprint density at radius 3 is 2.35 bits per heavy atom. The first-order chi connectivity index (χ1) is 11.2. The van der Waals surface area contributed by atoms with Gasteiger partial charge in [0.1, 0.15) is 17.6 Å². The highest BCUT2D eigenvalue weighted by molar-refractivity contribution is 5.58. The van der Waals surface area contributed by atoms with E-state index < -0.39 is 6.10 Å². The molecule has 0 amide bonds. The lowest BCUT2D eigenvalue weighted by Gasteiger charge is -2.35. The summed E-state index contributed by atoms with van der Waals surface area (Å²) in [4.78, 5) is 2.07. The molecular weight excluding hydrogens is 292 g/mol. The summed E-state index contributed by atoms with van der Waals surface area (Å²) in [6.45, 7) is 1.07. The smallest absolute Gasteiger partial charge is 0.125 e. The van der Waals surface area contributed by atoms with E-state index in [9.17, 15) is 5.11 Å². The molecular formula is C18H18N2O3. The van der Waals surface area contributed by atoms with Crippen LogP contribution >= 0.6 is 0 Å². The SMILES string of the molecule is COc1ccc(OC)c2c1CN(c1ccc(C#N)cc1)C[C@H]2O. The van der Waals surface area contributed by atoms with Crippen molar-refractivity contribution in [3.63, 3.8) is 0 Å². The Balaban J connectivity index is 2.00. The second-order valence-corrected chi connectivity index (χ2v) is 5.42. The number of β-amino-alcohol motifs (C(OH)–C–C–N with tert-alkyl or cyclic N) is 1. The lowest BCUT2D eigenvalue weighted by molar-refractivity contribution is 0.169. The predicted molar refractivity (Wildman–Crippen MR) is 86.7 cm³/mol. The molecule has 0 saturated heterocycles. The van der Waals surface area contributed by atoms with E-state index >= 15 is 0 Å². The van der Waals surface area contributed by atoms with Crippen molar-refractivity contribution in [2.24, 2.45) is 0 Å². The van der Waals surface area contributed by atoms with Crippen LogP contribution in [0.1, 0.15) is 22.8 Å². The van der Waals surface area contributed by atoms with Gasteiger partial charge in [0.2, 0.25) is 0 Å². The number of rotatable bonds is 3. The van der Waals surface area contributed by atoms with Crippen molar-refractivity contribution in [2.45, 2.75) is 12.6 Å². The van der Waals surface area contributed by atoms with Gasteiger partial charge in [-0.15, -0.1) is 0 Å². The highest BCUT2D eigenvalue weighted by Crippen LogP contribution is 2.40. The molecule has 0 radical (unpaired) electrons. The van der Waals surface area contributed by atoms with Gasteiger partial charge in [-0.05, 0) is 36.4 Å². The van der Waals surface area contributed by atoms with Gasteiger partial charge in [0.05, 0.1) is 25.9 Å². The van der Waals surface area contributed by atoms with Crippen LogP contribution in [0.15, 0.2) is 36.4 Å². The summed E-state index contributed by atoms with van der Waals surface area (Å²) in [5.74, 6) is 1.41. The van der Waals surface area contributed by atoms with Gasteiger partial charge in [-0.25, -0.2) is 0 Å². The molecule has 118 valence electrons. The van der Waals surface area contributed by atoms with E-state index in [4.69, 9.17) is 14.7 Å². The molecule has 23 heavy (non-hydrogen) atoms. The number of aliphatic hydroxyl groups excluding tert-OH is 1. The molecule has 2 aromatic carbocycles. The van der Waals surface area contributed by atoms with E-state index in [2.05, 4.69) is 11.0 Å². The van der Waals surface area contributed by atoms with Gasteiger partial charge < -0.3 is 19.5 Å². The molecule has 0 spiro atoms. The molecule has 1 aliphatic heterocycles. The Kier molecular flexibility index (Phi) is 4.09. The van der Waals surface area contributed by atoms with E-state index in [0.717, 1.165) is 22.6 Å². The Morgan fingerprint density at radius 2 is 1.74 bits per heavy atom. The third-order valence-electron chi connectivity index (χ3n) is 4.15. The summed E-state index contributed by atoms with van der Waals surface area (Å²) in [5, 5.41) is 19.5. The number of fused-ring (bicyclic) bond motifs is 1. The van der Waals surface area contributed by atoms with Crippen LogP contribution in [0.5, 0.6) is 11.5 Å². The van der Waals surface area contributed by atoms with Crippen LogP contribution in [-0.2, 0) is 6.54 Å². The van der Waals surface area contributed by atoms with Gasteiger partial charge in [-0.2, -0.15) is 5.26 Å². The number of benzene rings is 2. The van der Waals surface area contributed by atoms with E-state index in [1.807, 2.05) is 24.3 Å². The number of hydrogen-bond donors (Lipinski definition) is 1. The Labute approximate surface area is 135 Å². The van der Waals surface area contributed by atoms with Crippen LogP contribution in [0.4, 0.5) is 5.69 Å². The van der Waals surface area contributed by atoms with E-state index in [1.165, 1.54) is 0 Å². The zero-order valence-corrected chi connectivity index (χ0v) is 13.1. The van der Waals surface area contributed by atoms with Gasteiger partial charge in [-0.1, -0.05) is 0 Å². The van der Waals surface area contributed by atoms with Crippen LogP contribution in [0.25, 0.3) is 0 Å². The van der Waals surface area contributed by atoms with Crippen LogP contribution in [0.2, 0.25) is 0 Å².